The number of nitrogens with two attached hydrogens (primary N) is 1. The van der Waals surface area contributed by atoms with Crippen molar-refractivity contribution in [3.05, 3.63) is 59.2 Å². The highest BCUT2D eigenvalue weighted by atomic mass is 16.5. The number of carbonyl (C=O) groups is 1. The molecule has 1 saturated heterocycles. The van der Waals surface area contributed by atoms with Gasteiger partial charge in [-0.3, -0.25) is 9.69 Å². The second-order valence-electron chi connectivity index (χ2n) is 7.72. The Morgan fingerprint density at radius 3 is 2.72 bits per heavy atom. The standard InChI is InChI=1S/C24H32N2O3/c1-3-28-23-15-19(11-12-22(23)29-17-24(25)27)16-26-13-6-4-5-10-21(26)20-9-7-8-18(2)14-20/h7-9,11-12,14-15,21H,3-6,10,13,16-17H2,1-2H3,(H2,25,27)/t21-/m1/s1. The summed E-state index contributed by atoms with van der Waals surface area (Å²) in [5.41, 5.74) is 9.09. The van der Waals surface area contributed by atoms with Crippen LogP contribution in [0.4, 0.5) is 0 Å². The van der Waals surface area contributed by atoms with Crippen molar-refractivity contribution in [3.8, 4) is 11.5 Å². The van der Waals surface area contributed by atoms with E-state index in [4.69, 9.17) is 15.2 Å². The van der Waals surface area contributed by atoms with Gasteiger partial charge >= 0.3 is 0 Å². The van der Waals surface area contributed by atoms with Crippen LogP contribution in [0.5, 0.6) is 11.5 Å². The number of rotatable bonds is 8. The maximum absolute atomic E-state index is 11.0. The van der Waals surface area contributed by atoms with Crippen LogP contribution in [0, 0.1) is 6.92 Å². The molecule has 29 heavy (non-hydrogen) atoms. The van der Waals surface area contributed by atoms with E-state index < -0.39 is 5.91 Å². The lowest BCUT2D eigenvalue weighted by Gasteiger charge is -2.31. The second-order valence-corrected chi connectivity index (χ2v) is 7.72. The van der Waals surface area contributed by atoms with Gasteiger partial charge in [-0.25, -0.2) is 0 Å². The number of amides is 1. The van der Waals surface area contributed by atoms with Crippen molar-refractivity contribution in [2.24, 2.45) is 5.73 Å². The van der Waals surface area contributed by atoms with Gasteiger partial charge in [-0.15, -0.1) is 0 Å². The Balaban J connectivity index is 1.81. The minimum atomic E-state index is -0.498. The molecule has 0 spiro atoms. The predicted octanol–water partition coefficient (Wildman–Crippen LogP) is 4.38. The molecule has 156 valence electrons. The van der Waals surface area contributed by atoms with Crippen molar-refractivity contribution >= 4 is 5.91 Å². The largest absolute Gasteiger partial charge is 0.490 e. The molecular weight excluding hydrogens is 364 g/mol. The Bertz CT molecular complexity index is 822. The molecule has 5 heteroatoms. The summed E-state index contributed by atoms with van der Waals surface area (Å²) in [4.78, 5) is 13.6. The summed E-state index contributed by atoms with van der Waals surface area (Å²) in [5, 5.41) is 0. The second kappa shape index (κ2) is 10.3. The molecule has 1 atom stereocenters. The number of nitrogens with zero attached hydrogens (tertiary/aromatic N) is 1. The van der Waals surface area contributed by atoms with Crippen molar-refractivity contribution in [2.75, 3.05) is 19.8 Å². The quantitative estimate of drug-likeness (QED) is 0.719. The average molecular weight is 397 g/mol. The van der Waals surface area contributed by atoms with Crippen molar-refractivity contribution < 1.29 is 14.3 Å². The van der Waals surface area contributed by atoms with Crippen LogP contribution in [0.1, 0.15) is 55.3 Å². The number of hydrogen-bond donors (Lipinski definition) is 1. The third kappa shape index (κ3) is 5.97. The zero-order valence-corrected chi connectivity index (χ0v) is 17.5. The zero-order valence-electron chi connectivity index (χ0n) is 17.5. The summed E-state index contributed by atoms with van der Waals surface area (Å²) in [6.45, 7) is 6.42. The Morgan fingerprint density at radius 2 is 1.97 bits per heavy atom. The number of likely N-dealkylation sites (tertiary alicyclic amines) is 1. The smallest absolute Gasteiger partial charge is 0.255 e. The number of primary amides is 1. The van der Waals surface area contributed by atoms with Crippen LogP contribution in [-0.4, -0.2) is 30.6 Å². The number of carbonyl (C=O) groups excluding carboxylic acids is 1. The fraction of sp³-hybridized carbons (Fsp3) is 0.458. The molecule has 0 aliphatic carbocycles. The summed E-state index contributed by atoms with van der Waals surface area (Å²) in [6, 6.07) is 15.3. The van der Waals surface area contributed by atoms with E-state index in [2.05, 4.69) is 42.2 Å². The first-order valence-corrected chi connectivity index (χ1v) is 10.5. The van der Waals surface area contributed by atoms with Gasteiger partial charge in [0.15, 0.2) is 18.1 Å². The van der Waals surface area contributed by atoms with Crippen LogP contribution in [0.2, 0.25) is 0 Å². The molecule has 1 aliphatic heterocycles. The molecule has 0 bridgehead atoms. The summed E-state index contributed by atoms with van der Waals surface area (Å²) in [6.07, 6.45) is 4.95. The van der Waals surface area contributed by atoms with Crippen LogP contribution in [-0.2, 0) is 11.3 Å². The normalized spacial score (nSPS) is 17.5. The molecule has 0 saturated carbocycles. The van der Waals surface area contributed by atoms with E-state index in [1.807, 2.05) is 19.1 Å². The average Bonchev–Trinajstić information content (AvgIpc) is 2.93. The minimum absolute atomic E-state index is 0.152. The summed E-state index contributed by atoms with van der Waals surface area (Å²) in [7, 11) is 0. The van der Waals surface area contributed by atoms with Crippen LogP contribution < -0.4 is 15.2 Å². The SMILES string of the molecule is CCOc1cc(CN2CCCCC[C@@H]2c2cccc(C)c2)ccc1OCC(N)=O. The van der Waals surface area contributed by atoms with Crippen molar-refractivity contribution in [1.29, 1.82) is 0 Å². The molecule has 1 amide bonds. The molecule has 0 aromatic heterocycles. The lowest BCUT2D eigenvalue weighted by molar-refractivity contribution is -0.119. The lowest BCUT2D eigenvalue weighted by Crippen LogP contribution is -2.28. The molecule has 2 N–H and O–H groups in total. The van der Waals surface area contributed by atoms with E-state index in [0.717, 1.165) is 13.1 Å². The van der Waals surface area contributed by atoms with Crippen LogP contribution >= 0.6 is 0 Å². The van der Waals surface area contributed by atoms with Gasteiger partial charge in [0.25, 0.3) is 5.91 Å². The fourth-order valence-corrected chi connectivity index (χ4v) is 4.03. The number of benzene rings is 2. The van der Waals surface area contributed by atoms with E-state index in [1.165, 1.54) is 42.4 Å². The Labute approximate surface area is 173 Å². The number of aryl methyl sites for hydroxylation is 1. The molecule has 1 aliphatic rings. The molecule has 5 nitrogen and oxygen atoms in total. The lowest BCUT2D eigenvalue weighted by atomic mass is 9.98. The monoisotopic (exact) mass is 396 g/mol. The van der Waals surface area contributed by atoms with Gasteiger partial charge in [-0.1, -0.05) is 48.7 Å². The number of ether oxygens (including phenoxy) is 2. The molecule has 1 fully saturated rings. The van der Waals surface area contributed by atoms with Crippen molar-refractivity contribution in [1.82, 2.24) is 4.90 Å². The van der Waals surface area contributed by atoms with Gasteiger partial charge in [0.05, 0.1) is 6.61 Å². The first kappa shape index (κ1) is 21.2. The van der Waals surface area contributed by atoms with Gasteiger partial charge in [-0.2, -0.15) is 0 Å². The summed E-state index contributed by atoms with van der Waals surface area (Å²) < 4.78 is 11.3. The predicted molar refractivity (Wildman–Crippen MR) is 115 cm³/mol. The topological polar surface area (TPSA) is 64.8 Å². The minimum Gasteiger partial charge on any atom is -0.490 e. The Morgan fingerprint density at radius 1 is 1.10 bits per heavy atom. The van der Waals surface area contributed by atoms with E-state index >= 15 is 0 Å². The molecule has 3 rings (SSSR count). The first-order chi connectivity index (χ1) is 14.1. The Kier molecular flexibility index (Phi) is 7.53. The van der Waals surface area contributed by atoms with Gasteiger partial charge in [0, 0.05) is 12.6 Å². The molecule has 2 aromatic carbocycles. The molecule has 0 unspecified atom stereocenters. The zero-order chi connectivity index (χ0) is 20.6. The molecular formula is C24H32N2O3. The number of hydrogen-bond acceptors (Lipinski definition) is 4. The van der Waals surface area contributed by atoms with Crippen LogP contribution in [0.3, 0.4) is 0 Å². The van der Waals surface area contributed by atoms with E-state index in [9.17, 15) is 4.79 Å². The summed E-state index contributed by atoms with van der Waals surface area (Å²) in [5.74, 6) is 0.718. The van der Waals surface area contributed by atoms with E-state index in [0.29, 0.717) is 24.1 Å². The molecule has 1 heterocycles. The van der Waals surface area contributed by atoms with Gasteiger partial charge in [-0.05, 0) is 56.5 Å². The highest BCUT2D eigenvalue weighted by Crippen LogP contribution is 2.34. The van der Waals surface area contributed by atoms with Crippen molar-refractivity contribution in [2.45, 2.75) is 52.1 Å². The third-order valence-corrected chi connectivity index (χ3v) is 5.35. The fourth-order valence-electron chi connectivity index (χ4n) is 4.03. The van der Waals surface area contributed by atoms with Crippen molar-refractivity contribution in [3.63, 3.8) is 0 Å². The highest BCUT2D eigenvalue weighted by molar-refractivity contribution is 5.75. The van der Waals surface area contributed by atoms with Crippen LogP contribution in [0.25, 0.3) is 0 Å². The van der Waals surface area contributed by atoms with E-state index in [1.54, 1.807) is 0 Å². The van der Waals surface area contributed by atoms with E-state index in [-0.39, 0.29) is 6.61 Å². The van der Waals surface area contributed by atoms with Gasteiger partial charge < -0.3 is 15.2 Å². The van der Waals surface area contributed by atoms with Gasteiger partial charge in [0.2, 0.25) is 0 Å². The summed E-state index contributed by atoms with van der Waals surface area (Å²) >= 11 is 0. The molecule has 2 aromatic rings. The first-order valence-electron chi connectivity index (χ1n) is 10.5. The maximum Gasteiger partial charge on any atom is 0.255 e. The molecule has 0 radical (unpaired) electrons. The van der Waals surface area contributed by atoms with Crippen LogP contribution in [0.15, 0.2) is 42.5 Å². The van der Waals surface area contributed by atoms with Gasteiger partial charge in [0.1, 0.15) is 0 Å². The maximum atomic E-state index is 11.0. The Hall–Kier alpha value is -2.53. The third-order valence-electron chi connectivity index (χ3n) is 5.35. The highest BCUT2D eigenvalue weighted by Gasteiger charge is 2.23.